The fraction of sp³-hybridized carbons (Fsp3) is 0.750. The summed E-state index contributed by atoms with van der Waals surface area (Å²) in [5, 5.41) is 18.2. The number of ether oxygens (including phenoxy) is 1. The number of hydrogen-bond donors (Lipinski definition) is 2. The highest BCUT2D eigenvalue weighted by molar-refractivity contribution is 6.00. The van der Waals surface area contributed by atoms with E-state index in [2.05, 4.69) is 0 Å². The Hall–Kier alpha value is -1.20. The van der Waals surface area contributed by atoms with Gasteiger partial charge in [-0.25, -0.2) is 0 Å². The molecule has 2 unspecified atom stereocenters. The van der Waals surface area contributed by atoms with E-state index in [0.717, 1.165) is 25.7 Å². The maximum absolute atomic E-state index is 11.9. The van der Waals surface area contributed by atoms with Crippen LogP contribution in [-0.2, 0) is 14.3 Å². The number of hydrogen-bond acceptors (Lipinski definition) is 5. The first-order chi connectivity index (χ1) is 10.1. The minimum atomic E-state index is -0.895. The molecule has 118 valence electrons. The maximum atomic E-state index is 11.9. The standard InChI is InChI=1S/C16H24O5/c17-8-4-2-1-3-5-11(18)9-12-10-13-15(21-12)7-6-14(19)16(13)20/h12,14,17,19H,1-10H2. The van der Waals surface area contributed by atoms with Gasteiger partial charge in [-0.15, -0.1) is 0 Å². The lowest BCUT2D eigenvalue weighted by atomic mass is 9.91. The molecule has 21 heavy (non-hydrogen) atoms. The summed E-state index contributed by atoms with van der Waals surface area (Å²) in [6.07, 6.45) is 4.77. The molecule has 1 aliphatic heterocycles. The monoisotopic (exact) mass is 296 g/mol. The first-order valence-electron chi connectivity index (χ1n) is 7.85. The Morgan fingerprint density at radius 3 is 2.76 bits per heavy atom. The van der Waals surface area contributed by atoms with E-state index in [0.29, 0.717) is 43.4 Å². The van der Waals surface area contributed by atoms with E-state index >= 15 is 0 Å². The van der Waals surface area contributed by atoms with Gasteiger partial charge in [0.1, 0.15) is 23.8 Å². The average Bonchev–Trinajstić information content (AvgIpc) is 2.86. The zero-order valence-electron chi connectivity index (χ0n) is 12.3. The van der Waals surface area contributed by atoms with E-state index in [1.54, 1.807) is 0 Å². The van der Waals surface area contributed by atoms with Gasteiger partial charge in [0.2, 0.25) is 0 Å². The molecular weight excluding hydrogens is 272 g/mol. The van der Waals surface area contributed by atoms with Crippen molar-refractivity contribution in [2.45, 2.75) is 70.0 Å². The molecule has 2 rings (SSSR count). The van der Waals surface area contributed by atoms with Gasteiger partial charge in [0.25, 0.3) is 0 Å². The molecule has 0 spiro atoms. The van der Waals surface area contributed by atoms with Gasteiger partial charge in [-0.3, -0.25) is 9.59 Å². The summed E-state index contributed by atoms with van der Waals surface area (Å²) in [4.78, 5) is 23.7. The second-order valence-electron chi connectivity index (χ2n) is 5.90. The molecule has 0 saturated carbocycles. The summed E-state index contributed by atoms with van der Waals surface area (Å²) in [6, 6.07) is 0. The maximum Gasteiger partial charge on any atom is 0.190 e. The largest absolute Gasteiger partial charge is 0.494 e. The first-order valence-corrected chi connectivity index (χ1v) is 7.85. The van der Waals surface area contributed by atoms with Gasteiger partial charge in [0, 0.05) is 37.9 Å². The summed E-state index contributed by atoms with van der Waals surface area (Å²) in [6.45, 7) is 0.209. The molecule has 1 heterocycles. The van der Waals surface area contributed by atoms with Crippen molar-refractivity contribution in [3.8, 4) is 0 Å². The van der Waals surface area contributed by atoms with Gasteiger partial charge in [0.05, 0.1) is 0 Å². The normalized spacial score (nSPS) is 25.0. The third-order valence-corrected chi connectivity index (χ3v) is 4.14. The number of Topliss-reactive ketones (excluding diaryl/α,β-unsaturated/α-hetero) is 2. The molecule has 2 aliphatic rings. The van der Waals surface area contributed by atoms with E-state index in [4.69, 9.17) is 9.84 Å². The lowest BCUT2D eigenvalue weighted by molar-refractivity contribution is -0.124. The number of aliphatic hydroxyl groups excluding tert-OH is 2. The second-order valence-corrected chi connectivity index (χ2v) is 5.90. The molecule has 1 aliphatic carbocycles. The van der Waals surface area contributed by atoms with E-state index in [9.17, 15) is 14.7 Å². The molecule has 0 aromatic rings. The van der Waals surface area contributed by atoms with Crippen molar-refractivity contribution in [2.24, 2.45) is 0 Å². The van der Waals surface area contributed by atoms with Crippen LogP contribution in [0.15, 0.2) is 11.3 Å². The number of carbonyl (C=O) groups is 2. The highest BCUT2D eigenvalue weighted by Gasteiger charge is 2.36. The fourth-order valence-electron chi connectivity index (χ4n) is 2.96. The number of ketones is 2. The van der Waals surface area contributed by atoms with Crippen LogP contribution in [-0.4, -0.2) is 40.6 Å². The van der Waals surface area contributed by atoms with Crippen molar-refractivity contribution < 1.29 is 24.5 Å². The Morgan fingerprint density at radius 1 is 1.24 bits per heavy atom. The highest BCUT2D eigenvalue weighted by Crippen LogP contribution is 2.35. The first kappa shape index (κ1) is 16.2. The second kappa shape index (κ2) is 7.71. The molecule has 0 fully saturated rings. The molecule has 5 heteroatoms. The van der Waals surface area contributed by atoms with Crippen LogP contribution in [0.1, 0.15) is 57.8 Å². The van der Waals surface area contributed by atoms with E-state index in [-0.39, 0.29) is 24.3 Å². The predicted octanol–water partition coefficient (Wildman–Crippen LogP) is 1.66. The number of rotatable bonds is 8. The average molecular weight is 296 g/mol. The molecule has 0 aromatic carbocycles. The zero-order valence-corrected chi connectivity index (χ0v) is 12.3. The molecule has 2 atom stereocenters. The lowest BCUT2D eigenvalue weighted by Gasteiger charge is -2.16. The van der Waals surface area contributed by atoms with Crippen LogP contribution in [0.4, 0.5) is 0 Å². The number of unbranched alkanes of at least 4 members (excludes halogenated alkanes) is 3. The quantitative estimate of drug-likeness (QED) is 0.665. The van der Waals surface area contributed by atoms with Crippen molar-refractivity contribution in [3.05, 3.63) is 11.3 Å². The third kappa shape index (κ3) is 4.38. The Labute approximate surface area is 125 Å². The zero-order chi connectivity index (χ0) is 15.2. The SMILES string of the molecule is O=C(CCCCCCO)CC1CC2=C(CCC(O)C2=O)O1. The van der Waals surface area contributed by atoms with Crippen molar-refractivity contribution in [3.63, 3.8) is 0 Å². The van der Waals surface area contributed by atoms with E-state index < -0.39 is 6.10 Å². The molecule has 5 nitrogen and oxygen atoms in total. The van der Waals surface area contributed by atoms with Gasteiger partial charge < -0.3 is 14.9 Å². The van der Waals surface area contributed by atoms with Crippen LogP contribution >= 0.6 is 0 Å². The molecule has 0 saturated heterocycles. The summed E-state index contributed by atoms with van der Waals surface area (Å²) >= 11 is 0. The van der Waals surface area contributed by atoms with Crippen LogP contribution in [0, 0.1) is 0 Å². The van der Waals surface area contributed by atoms with Crippen molar-refractivity contribution in [1.82, 2.24) is 0 Å². The minimum absolute atomic E-state index is 0.164. The van der Waals surface area contributed by atoms with E-state index in [1.165, 1.54) is 0 Å². The summed E-state index contributed by atoms with van der Waals surface area (Å²) < 4.78 is 5.69. The topological polar surface area (TPSA) is 83.8 Å². The van der Waals surface area contributed by atoms with Crippen LogP contribution < -0.4 is 0 Å². The van der Waals surface area contributed by atoms with Crippen LogP contribution in [0.25, 0.3) is 0 Å². The van der Waals surface area contributed by atoms with Crippen molar-refractivity contribution in [1.29, 1.82) is 0 Å². The van der Waals surface area contributed by atoms with Gasteiger partial charge in [-0.2, -0.15) is 0 Å². The summed E-state index contributed by atoms with van der Waals surface area (Å²) in [7, 11) is 0. The fourth-order valence-corrected chi connectivity index (χ4v) is 2.96. The Balaban J connectivity index is 1.69. The van der Waals surface area contributed by atoms with Crippen LogP contribution in [0.3, 0.4) is 0 Å². The number of carbonyl (C=O) groups excluding carboxylic acids is 2. The Kier molecular flexibility index (Phi) is 5.94. The smallest absolute Gasteiger partial charge is 0.190 e. The van der Waals surface area contributed by atoms with Gasteiger partial charge in [-0.1, -0.05) is 12.8 Å². The molecule has 0 bridgehead atoms. The van der Waals surface area contributed by atoms with Gasteiger partial charge >= 0.3 is 0 Å². The third-order valence-electron chi connectivity index (χ3n) is 4.14. The molecule has 0 radical (unpaired) electrons. The van der Waals surface area contributed by atoms with E-state index in [1.807, 2.05) is 0 Å². The predicted molar refractivity (Wildman–Crippen MR) is 76.6 cm³/mol. The minimum Gasteiger partial charge on any atom is -0.494 e. The Bertz CT molecular complexity index is 426. The summed E-state index contributed by atoms with van der Waals surface area (Å²) in [5.41, 5.74) is 0.592. The summed E-state index contributed by atoms with van der Waals surface area (Å²) in [5.74, 6) is 0.623. The number of allylic oxidation sites excluding steroid dienone is 1. The Morgan fingerprint density at radius 2 is 2.00 bits per heavy atom. The van der Waals surface area contributed by atoms with Gasteiger partial charge in [-0.05, 0) is 19.3 Å². The van der Waals surface area contributed by atoms with Gasteiger partial charge in [0.15, 0.2) is 5.78 Å². The number of aliphatic hydroxyl groups is 2. The lowest BCUT2D eigenvalue weighted by Crippen LogP contribution is -2.26. The molecule has 2 N–H and O–H groups in total. The molecule has 0 aromatic heterocycles. The van der Waals surface area contributed by atoms with Crippen molar-refractivity contribution in [2.75, 3.05) is 6.61 Å². The van der Waals surface area contributed by atoms with Crippen LogP contribution in [0.2, 0.25) is 0 Å². The molecular formula is C16H24O5. The van der Waals surface area contributed by atoms with Crippen molar-refractivity contribution >= 4 is 11.6 Å². The highest BCUT2D eigenvalue weighted by atomic mass is 16.5. The van der Waals surface area contributed by atoms with Crippen LogP contribution in [0.5, 0.6) is 0 Å². The molecule has 0 amide bonds.